The second-order valence-electron chi connectivity index (χ2n) is 7.37. The van der Waals surface area contributed by atoms with Crippen LogP contribution in [0.15, 0.2) is 54.6 Å². The lowest BCUT2D eigenvalue weighted by Crippen LogP contribution is -2.16. The molecule has 3 aromatic carbocycles. The van der Waals surface area contributed by atoms with Gasteiger partial charge in [0.25, 0.3) is 0 Å². The van der Waals surface area contributed by atoms with Gasteiger partial charge < -0.3 is 15.2 Å². The summed E-state index contributed by atoms with van der Waals surface area (Å²) in [6.07, 6.45) is 0.354. The number of rotatable bonds is 9. The van der Waals surface area contributed by atoms with Gasteiger partial charge in [-0.2, -0.15) is 0 Å². The molecule has 0 heterocycles. The van der Waals surface area contributed by atoms with Crippen LogP contribution >= 0.6 is 23.2 Å². The highest BCUT2D eigenvalue weighted by molar-refractivity contribution is 6.37. The van der Waals surface area contributed by atoms with Crippen LogP contribution in [0.4, 0.5) is 4.39 Å². The molecule has 0 bridgehead atoms. The molecule has 32 heavy (non-hydrogen) atoms. The highest BCUT2D eigenvalue weighted by Crippen LogP contribution is 2.41. The summed E-state index contributed by atoms with van der Waals surface area (Å²) < 4.78 is 26.3. The smallest absolute Gasteiger partial charge is 0.173 e. The summed E-state index contributed by atoms with van der Waals surface area (Å²) in [5.74, 6) is -0.915. The molecule has 2 N–H and O–H groups in total. The Hall–Kier alpha value is -2.44. The Balaban J connectivity index is 2.15. The van der Waals surface area contributed by atoms with Crippen molar-refractivity contribution in [2.45, 2.75) is 18.9 Å². The van der Waals surface area contributed by atoms with E-state index in [4.69, 9.17) is 38.4 Å². The first-order valence-electron chi connectivity index (χ1n) is 10.1. The number of ether oxygens (including phenoxy) is 2. The minimum absolute atomic E-state index is 0.000464. The molecule has 0 fully saturated rings. The molecule has 0 saturated carbocycles. The zero-order chi connectivity index (χ0) is 23.3. The van der Waals surface area contributed by atoms with E-state index in [0.717, 1.165) is 5.56 Å². The molecule has 0 spiro atoms. The standard InChI is InChI=1S/C25H24Cl2FNO3/c1-15(31-2)14-32-23-9-8-17(13-30)24(25(23)28)19-10-18(21(26)11-22(19)27)20(12-29)16-6-4-3-5-7-16/h3-11,13,15,20H,12,14,29H2,1-2H3/t15-,20?/m0/s1. The quantitative estimate of drug-likeness (QED) is 0.378. The fourth-order valence-electron chi connectivity index (χ4n) is 3.48. The molecular formula is C25H24Cl2FNO3. The Morgan fingerprint density at radius 2 is 1.81 bits per heavy atom. The average Bonchev–Trinajstić information content (AvgIpc) is 2.80. The van der Waals surface area contributed by atoms with Crippen LogP contribution in [-0.4, -0.2) is 32.7 Å². The summed E-state index contributed by atoms with van der Waals surface area (Å²) >= 11 is 13.0. The number of hydrogen-bond acceptors (Lipinski definition) is 4. The summed E-state index contributed by atoms with van der Waals surface area (Å²) in [5, 5.41) is 0.624. The minimum atomic E-state index is -0.683. The average molecular weight is 476 g/mol. The van der Waals surface area contributed by atoms with Crippen molar-refractivity contribution in [2.75, 3.05) is 20.3 Å². The molecule has 4 nitrogen and oxygen atoms in total. The molecular weight excluding hydrogens is 452 g/mol. The molecule has 3 aromatic rings. The molecule has 0 aromatic heterocycles. The third-order valence-corrected chi connectivity index (χ3v) is 5.95. The molecule has 0 aliphatic rings. The van der Waals surface area contributed by atoms with Gasteiger partial charge in [0.1, 0.15) is 6.61 Å². The third kappa shape index (κ3) is 5.13. The van der Waals surface area contributed by atoms with E-state index in [2.05, 4.69) is 0 Å². The van der Waals surface area contributed by atoms with Crippen LogP contribution in [0.1, 0.15) is 34.3 Å². The maximum absolute atomic E-state index is 15.5. The Morgan fingerprint density at radius 3 is 2.44 bits per heavy atom. The van der Waals surface area contributed by atoms with Crippen LogP contribution in [-0.2, 0) is 4.74 Å². The molecule has 3 rings (SSSR count). The Kier molecular flexibility index (Phi) is 8.26. The van der Waals surface area contributed by atoms with E-state index >= 15 is 4.39 Å². The van der Waals surface area contributed by atoms with Gasteiger partial charge in [-0.25, -0.2) is 4.39 Å². The maximum atomic E-state index is 15.5. The first-order valence-corrected chi connectivity index (χ1v) is 10.8. The van der Waals surface area contributed by atoms with Gasteiger partial charge >= 0.3 is 0 Å². The molecule has 0 radical (unpaired) electrons. The van der Waals surface area contributed by atoms with Crippen molar-refractivity contribution >= 4 is 29.5 Å². The highest BCUT2D eigenvalue weighted by Gasteiger charge is 2.23. The van der Waals surface area contributed by atoms with E-state index in [1.165, 1.54) is 12.1 Å². The van der Waals surface area contributed by atoms with Crippen LogP contribution < -0.4 is 10.5 Å². The van der Waals surface area contributed by atoms with Crippen LogP contribution in [0.3, 0.4) is 0 Å². The van der Waals surface area contributed by atoms with Gasteiger partial charge in [-0.1, -0.05) is 53.5 Å². The second-order valence-corrected chi connectivity index (χ2v) is 8.18. The van der Waals surface area contributed by atoms with Crippen molar-refractivity contribution in [3.63, 3.8) is 0 Å². The molecule has 0 amide bonds. The summed E-state index contributed by atoms with van der Waals surface area (Å²) in [4.78, 5) is 11.7. The summed E-state index contributed by atoms with van der Waals surface area (Å²) in [6.45, 7) is 2.24. The Labute approximate surface area is 197 Å². The van der Waals surface area contributed by atoms with E-state index < -0.39 is 5.82 Å². The first kappa shape index (κ1) is 24.2. The number of nitrogens with two attached hydrogens (primary N) is 1. The van der Waals surface area contributed by atoms with Crippen LogP contribution in [0, 0.1) is 5.82 Å². The van der Waals surface area contributed by atoms with Crippen molar-refractivity contribution in [1.29, 1.82) is 0 Å². The fraction of sp³-hybridized carbons (Fsp3) is 0.240. The van der Waals surface area contributed by atoms with E-state index in [0.29, 0.717) is 22.4 Å². The van der Waals surface area contributed by atoms with Crippen LogP contribution in [0.25, 0.3) is 11.1 Å². The van der Waals surface area contributed by atoms with E-state index in [1.54, 1.807) is 26.2 Å². The largest absolute Gasteiger partial charge is 0.488 e. The normalized spacial score (nSPS) is 12.9. The van der Waals surface area contributed by atoms with Crippen molar-refractivity contribution in [3.8, 4) is 16.9 Å². The minimum Gasteiger partial charge on any atom is -0.488 e. The second kappa shape index (κ2) is 10.9. The summed E-state index contributed by atoms with van der Waals surface area (Å²) in [6, 6.07) is 15.8. The molecule has 1 unspecified atom stereocenters. The number of methoxy groups -OCH3 is 1. The van der Waals surface area contributed by atoms with Crippen LogP contribution in [0.5, 0.6) is 5.75 Å². The van der Waals surface area contributed by atoms with E-state index in [-0.39, 0.29) is 47.1 Å². The van der Waals surface area contributed by atoms with Gasteiger partial charge in [0.05, 0.1) is 11.1 Å². The number of hydrogen-bond donors (Lipinski definition) is 1. The predicted octanol–water partition coefficient (Wildman–Crippen LogP) is 6.12. The Morgan fingerprint density at radius 1 is 1.09 bits per heavy atom. The molecule has 0 aliphatic heterocycles. The van der Waals surface area contributed by atoms with Crippen molar-refractivity contribution in [3.05, 3.63) is 87.2 Å². The number of benzene rings is 3. The van der Waals surface area contributed by atoms with Crippen molar-refractivity contribution in [1.82, 2.24) is 0 Å². The Bertz CT molecular complexity index is 1090. The highest BCUT2D eigenvalue weighted by atomic mass is 35.5. The number of carbonyl (C=O) groups is 1. The van der Waals surface area contributed by atoms with Gasteiger partial charge in [0.2, 0.25) is 0 Å². The van der Waals surface area contributed by atoms with E-state index in [1.807, 2.05) is 30.3 Å². The lowest BCUT2D eigenvalue weighted by molar-refractivity contribution is 0.0702. The number of carbonyl (C=O) groups excluding carboxylic acids is 1. The van der Waals surface area contributed by atoms with Gasteiger partial charge in [-0.3, -0.25) is 4.79 Å². The molecule has 0 saturated heterocycles. The predicted molar refractivity (Wildman–Crippen MR) is 127 cm³/mol. The SMILES string of the molecule is CO[C@@H](C)COc1ccc(C=O)c(-c2cc(C(CN)c3ccccc3)c(Cl)cc2Cl)c1F. The lowest BCUT2D eigenvalue weighted by atomic mass is 9.88. The zero-order valence-corrected chi connectivity index (χ0v) is 19.3. The van der Waals surface area contributed by atoms with Crippen LogP contribution in [0.2, 0.25) is 10.0 Å². The lowest BCUT2D eigenvalue weighted by Gasteiger charge is -2.20. The summed E-state index contributed by atoms with van der Waals surface area (Å²) in [5.41, 5.74) is 8.26. The van der Waals surface area contributed by atoms with Gasteiger partial charge in [0.15, 0.2) is 17.9 Å². The maximum Gasteiger partial charge on any atom is 0.173 e. The molecule has 7 heteroatoms. The molecule has 0 aliphatic carbocycles. The molecule has 2 atom stereocenters. The van der Waals surface area contributed by atoms with Gasteiger partial charge in [-0.15, -0.1) is 0 Å². The monoisotopic (exact) mass is 475 g/mol. The summed E-state index contributed by atoms with van der Waals surface area (Å²) in [7, 11) is 1.54. The van der Waals surface area contributed by atoms with E-state index in [9.17, 15) is 4.79 Å². The van der Waals surface area contributed by atoms with Crippen molar-refractivity contribution in [2.24, 2.45) is 5.73 Å². The topological polar surface area (TPSA) is 61.5 Å². The zero-order valence-electron chi connectivity index (χ0n) is 17.8. The van der Waals surface area contributed by atoms with Gasteiger partial charge in [-0.05, 0) is 42.3 Å². The van der Waals surface area contributed by atoms with Gasteiger partial charge in [0, 0.05) is 41.3 Å². The number of aldehydes is 1. The first-order chi connectivity index (χ1) is 15.4. The molecule has 168 valence electrons. The van der Waals surface area contributed by atoms with Crippen molar-refractivity contribution < 1.29 is 18.7 Å². The number of halogens is 3. The third-order valence-electron chi connectivity index (χ3n) is 5.31. The fourth-order valence-corrected chi connectivity index (χ4v) is 4.09.